The van der Waals surface area contributed by atoms with Crippen LogP contribution in [0.15, 0.2) is 5.38 Å². The molecule has 0 spiro atoms. The highest BCUT2D eigenvalue weighted by Crippen LogP contribution is 2.24. The molecule has 6 nitrogen and oxygen atoms in total. The van der Waals surface area contributed by atoms with Crippen molar-refractivity contribution >= 4 is 23.3 Å². The van der Waals surface area contributed by atoms with Crippen LogP contribution in [-0.2, 0) is 21.5 Å². The van der Waals surface area contributed by atoms with Gasteiger partial charge in [0, 0.05) is 17.3 Å². The molecule has 0 saturated carbocycles. The fourth-order valence-corrected chi connectivity index (χ4v) is 3.56. The maximum atomic E-state index is 12.5. The number of ether oxygens (including phenoxy) is 1. The number of thiazole rings is 1. The van der Waals surface area contributed by atoms with E-state index >= 15 is 0 Å². The van der Waals surface area contributed by atoms with E-state index in [1.54, 1.807) is 11.3 Å². The SMILES string of the molecule is CC(C)(C)OC(=O)N1CCCC1C(=O)NCc1nc(C(C)(C)C)cs1. The lowest BCUT2D eigenvalue weighted by Gasteiger charge is -2.27. The van der Waals surface area contributed by atoms with Crippen LogP contribution in [0, 0.1) is 0 Å². The average Bonchev–Trinajstić information content (AvgIpc) is 3.11. The van der Waals surface area contributed by atoms with Gasteiger partial charge in [-0.05, 0) is 33.6 Å². The number of rotatable bonds is 3. The third kappa shape index (κ3) is 5.42. The van der Waals surface area contributed by atoms with Gasteiger partial charge in [0.1, 0.15) is 16.7 Å². The molecule has 0 aliphatic carbocycles. The Bertz CT molecular complexity index is 628. The summed E-state index contributed by atoms with van der Waals surface area (Å²) in [7, 11) is 0. The summed E-state index contributed by atoms with van der Waals surface area (Å²) < 4.78 is 5.40. The van der Waals surface area contributed by atoms with Crippen LogP contribution in [0.4, 0.5) is 4.79 Å². The minimum atomic E-state index is -0.565. The molecular weight excluding hydrogens is 338 g/mol. The molecule has 1 saturated heterocycles. The van der Waals surface area contributed by atoms with Crippen molar-refractivity contribution in [1.82, 2.24) is 15.2 Å². The van der Waals surface area contributed by atoms with Crippen LogP contribution in [0.2, 0.25) is 0 Å². The topological polar surface area (TPSA) is 71.5 Å². The highest BCUT2D eigenvalue weighted by Gasteiger charge is 2.36. The monoisotopic (exact) mass is 367 g/mol. The standard InChI is InChI=1S/C18H29N3O3S/c1-17(2,3)13-11-25-14(20-13)10-19-15(22)12-8-7-9-21(12)16(23)24-18(4,5)6/h11-12H,7-10H2,1-6H3,(H,19,22). The second-order valence-corrected chi connectivity index (χ2v) is 9.37. The summed E-state index contributed by atoms with van der Waals surface area (Å²) in [5.74, 6) is -0.143. The van der Waals surface area contributed by atoms with Crippen molar-refractivity contribution in [1.29, 1.82) is 0 Å². The molecule has 2 rings (SSSR count). The Hall–Kier alpha value is -1.63. The summed E-state index contributed by atoms with van der Waals surface area (Å²) in [6.45, 7) is 12.8. The number of hydrogen-bond donors (Lipinski definition) is 1. The first kappa shape index (κ1) is 19.7. The van der Waals surface area contributed by atoms with E-state index in [4.69, 9.17) is 4.74 Å². The van der Waals surface area contributed by atoms with Crippen LogP contribution < -0.4 is 5.32 Å². The predicted molar refractivity (Wildman–Crippen MR) is 98.6 cm³/mol. The Labute approximate surface area is 154 Å². The number of nitrogens with one attached hydrogen (secondary N) is 1. The minimum Gasteiger partial charge on any atom is -0.444 e. The maximum Gasteiger partial charge on any atom is 0.410 e. The van der Waals surface area contributed by atoms with Gasteiger partial charge in [-0.3, -0.25) is 9.69 Å². The van der Waals surface area contributed by atoms with E-state index in [-0.39, 0.29) is 11.3 Å². The number of amides is 2. The zero-order valence-electron chi connectivity index (χ0n) is 16.0. The van der Waals surface area contributed by atoms with E-state index < -0.39 is 17.7 Å². The van der Waals surface area contributed by atoms with Crippen LogP contribution in [-0.4, -0.2) is 40.1 Å². The molecule has 1 aliphatic heterocycles. The highest BCUT2D eigenvalue weighted by molar-refractivity contribution is 7.09. The largest absolute Gasteiger partial charge is 0.444 e. The van der Waals surface area contributed by atoms with Crippen LogP contribution in [0.3, 0.4) is 0 Å². The van der Waals surface area contributed by atoms with Crippen molar-refractivity contribution in [3.05, 3.63) is 16.1 Å². The molecule has 1 aromatic heterocycles. The summed E-state index contributed by atoms with van der Waals surface area (Å²) in [4.78, 5) is 30.9. The van der Waals surface area contributed by atoms with E-state index in [9.17, 15) is 9.59 Å². The predicted octanol–water partition coefficient (Wildman–Crippen LogP) is 3.46. The van der Waals surface area contributed by atoms with Gasteiger partial charge in [-0.25, -0.2) is 9.78 Å². The van der Waals surface area contributed by atoms with Crippen molar-refractivity contribution in [2.45, 2.75) is 78.0 Å². The number of likely N-dealkylation sites (tertiary alicyclic amines) is 1. The Balaban J connectivity index is 1.93. The zero-order chi connectivity index (χ0) is 18.8. The lowest BCUT2D eigenvalue weighted by molar-refractivity contribution is -0.125. The number of hydrogen-bond acceptors (Lipinski definition) is 5. The molecule has 1 unspecified atom stereocenters. The molecule has 0 aromatic carbocycles. The van der Waals surface area contributed by atoms with Crippen molar-refractivity contribution in [3.63, 3.8) is 0 Å². The first-order chi connectivity index (χ1) is 11.5. The van der Waals surface area contributed by atoms with Gasteiger partial charge in [-0.2, -0.15) is 0 Å². The van der Waals surface area contributed by atoms with Crippen LogP contribution in [0.5, 0.6) is 0 Å². The Morgan fingerprint density at radius 3 is 2.56 bits per heavy atom. The lowest BCUT2D eigenvalue weighted by Crippen LogP contribution is -2.47. The molecule has 1 fully saturated rings. The van der Waals surface area contributed by atoms with Gasteiger partial charge >= 0.3 is 6.09 Å². The van der Waals surface area contributed by atoms with Gasteiger partial charge in [-0.15, -0.1) is 11.3 Å². The summed E-state index contributed by atoms with van der Waals surface area (Å²) in [6.07, 6.45) is 1.05. The van der Waals surface area contributed by atoms with Gasteiger partial charge in [0.2, 0.25) is 5.91 Å². The fraction of sp³-hybridized carbons (Fsp3) is 0.722. The zero-order valence-corrected chi connectivity index (χ0v) is 16.8. The number of carbonyl (C=O) groups is 2. The van der Waals surface area contributed by atoms with Crippen molar-refractivity contribution in [3.8, 4) is 0 Å². The van der Waals surface area contributed by atoms with Gasteiger partial charge in [-0.1, -0.05) is 20.8 Å². The van der Waals surface area contributed by atoms with Gasteiger partial charge in [0.25, 0.3) is 0 Å². The molecule has 2 heterocycles. The molecule has 0 radical (unpaired) electrons. The first-order valence-electron chi connectivity index (χ1n) is 8.69. The number of aromatic nitrogens is 1. The van der Waals surface area contributed by atoms with E-state index in [1.165, 1.54) is 4.90 Å². The molecule has 1 N–H and O–H groups in total. The summed E-state index contributed by atoms with van der Waals surface area (Å²) in [6, 6.07) is -0.461. The molecule has 140 valence electrons. The molecule has 1 aromatic rings. The van der Waals surface area contributed by atoms with E-state index in [0.29, 0.717) is 19.5 Å². The summed E-state index contributed by atoms with van der Waals surface area (Å²) in [5, 5.41) is 5.82. The van der Waals surface area contributed by atoms with Gasteiger partial charge in [0.15, 0.2) is 0 Å². The van der Waals surface area contributed by atoms with Gasteiger partial charge < -0.3 is 10.1 Å². The highest BCUT2D eigenvalue weighted by atomic mass is 32.1. The summed E-state index contributed by atoms with van der Waals surface area (Å²) >= 11 is 1.54. The minimum absolute atomic E-state index is 0.00226. The van der Waals surface area contributed by atoms with Crippen LogP contribution in [0.1, 0.15) is 65.1 Å². The second-order valence-electron chi connectivity index (χ2n) is 8.43. The Morgan fingerprint density at radius 1 is 1.32 bits per heavy atom. The van der Waals surface area contributed by atoms with E-state index in [1.807, 2.05) is 26.2 Å². The molecule has 7 heteroatoms. The average molecular weight is 368 g/mol. The molecule has 0 bridgehead atoms. The molecule has 25 heavy (non-hydrogen) atoms. The van der Waals surface area contributed by atoms with E-state index in [2.05, 4.69) is 31.1 Å². The smallest absolute Gasteiger partial charge is 0.410 e. The third-order valence-corrected chi connectivity index (χ3v) is 4.77. The Kier molecular flexibility index (Phi) is 5.76. The second kappa shape index (κ2) is 7.32. The van der Waals surface area contributed by atoms with Crippen molar-refractivity contribution in [2.75, 3.05) is 6.54 Å². The summed E-state index contributed by atoms with van der Waals surface area (Å²) in [5.41, 5.74) is 0.459. The van der Waals surface area contributed by atoms with Crippen LogP contribution in [0.25, 0.3) is 0 Å². The quantitative estimate of drug-likeness (QED) is 0.888. The first-order valence-corrected chi connectivity index (χ1v) is 9.57. The molecule has 2 amide bonds. The maximum absolute atomic E-state index is 12.5. The Morgan fingerprint density at radius 2 is 2.00 bits per heavy atom. The third-order valence-electron chi connectivity index (χ3n) is 3.92. The van der Waals surface area contributed by atoms with Crippen LogP contribution >= 0.6 is 11.3 Å². The van der Waals surface area contributed by atoms with Crippen molar-refractivity contribution < 1.29 is 14.3 Å². The normalized spacial score (nSPS) is 18.3. The van der Waals surface area contributed by atoms with E-state index in [0.717, 1.165) is 17.1 Å². The fourth-order valence-electron chi connectivity index (χ4n) is 2.60. The lowest BCUT2D eigenvalue weighted by atomic mass is 9.93. The molecule has 1 aliphatic rings. The number of nitrogens with zero attached hydrogens (tertiary/aromatic N) is 2. The van der Waals surface area contributed by atoms with Crippen molar-refractivity contribution in [2.24, 2.45) is 0 Å². The molecular formula is C18H29N3O3S. The van der Waals surface area contributed by atoms with Gasteiger partial charge in [0.05, 0.1) is 12.2 Å². The molecule has 1 atom stereocenters. The number of carbonyl (C=O) groups excluding carboxylic acids is 2.